The number of hydrogen-bond acceptors (Lipinski definition) is 5. The average molecular weight is 447 g/mol. The van der Waals surface area contributed by atoms with Crippen LogP contribution < -0.4 is 16.4 Å². The van der Waals surface area contributed by atoms with Gasteiger partial charge in [0.1, 0.15) is 5.54 Å². The van der Waals surface area contributed by atoms with Gasteiger partial charge in [-0.25, -0.2) is 0 Å². The summed E-state index contributed by atoms with van der Waals surface area (Å²) in [5.41, 5.74) is 8.29. The number of amides is 4. The first-order chi connectivity index (χ1) is 15.8. The van der Waals surface area contributed by atoms with Crippen molar-refractivity contribution < 1.29 is 19.2 Å². The van der Waals surface area contributed by atoms with E-state index in [1.54, 1.807) is 0 Å². The van der Waals surface area contributed by atoms with Gasteiger partial charge in [0.15, 0.2) is 0 Å². The SMILES string of the molecule is Cc1ccc2c(c1C)NC(=O)C21NC(CC(N)=O)C2C(=O)N(CCc3ccccc3)C(=O)C21. The molecule has 8 heteroatoms. The minimum Gasteiger partial charge on any atom is -0.370 e. The highest BCUT2D eigenvalue weighted by Gasteiger charge is 2.70. The third-order valence-corrected chi connectivity index (χ3v) is 7.40. The summed E-state index contributed by atoms with van der Waals surface area (Å²) in [7, 11) is 0. The van der Waals surface area contributed by atoms with E-state index >= 15 is 0 Å². The summed E-state index contributed by atoms with van der Waals surface area (Å²) in [5, 5.41) is 6.16. The third-order valence-electron chi connectivity index (χ3n) is 7.40. The van der Waals surface area contributed by atoms with Crippen molar-refractivity contribution in [1.82, 2.24) is 10.2 Å². The Morgan fingerprint density at radius 3 is 2.48 bits per heavy atom. The molecule has 3 aliphatic heterocycles. The van der Waals surface area contributed by atoms with Crippen LogP contribution in [0.25, 0.3) is 0 Å². The predicted octanol–water partition coefficient (Wildman–Crippen LogP) is 1.14. The summed E-state index contributed by atoms with van der Waals surface area (Å²) < 4.78 is 0. The van der Waals surface area contributed by atoms with Gasteiger partial charge in [-0.3, -0.25) is 29.4 Å². The molecule has 4 unspecified atom stereocenters. The van der Waals surface area contributed by atoms with E-state index in [0.717, 1.165) is 16.7 Å². The Bertz CT molecular complexity index is 1190. The van der Waals surface area contributed by atoms with E-state index in [1.807, 2.05) is 56.3 Å². The van der Waals surface area contributed by atoms with Crippen LogP contribution in [0.4, 0.5) is 5.69 Å². The van der Waals surface area contributed by atoms with Gasteiger partial charge in [-0.1, -0.05) is 42.5 Å². The highest BCUT2D eigenvalue weighted by Crippen LogP contribution is 2.54. The van der Waals surface area contributed by atoms with Crippen LogP contribution in [0, 0.1) is 25.7 Å². The molecule has 33 heavy (non-hydrogen) atoms. The van der Waals surface area contributed by atoms with E-state index in [-0.39, 0.29) is 30.7 Å². The zero-order valence-electron chi connectivity index (χ0n) is 18.6. The van der Waals surface area contributed by atoms with E-state index < -0.39 is 29.3 Å². The number of rotatable bonds is 5. The Balaban J connectivity index is 1.56. The molecule has 1 spiro atoms. The van der Waals surface area contributed by atoms with Crippen molar-refractivity contribution in [2.24, 2.45) is 17.6 Å². The van der Waals surface area contributed by atoms with Crippen LogP contribution in [-0.2, 0) is 31.1 Å². The van der Waals surface area contributed by atoms with Crippen LogP contribution in [0.3, 0.4) is 0 Å². The first kappa shape index (κ1) is 21.3. The number of nitrogens with two attached hydrogens (primary N) is 1. The van der Waals surface area contributed by atoms with Gasteiger partial charge >= 0.3 is 0 Å². The molecule has 3 aliphatic rings. The van der Waals surface area contributed by atoms with Gasteiger partial charge in [0.2, 0.25) is 23.6 Å². The molecule has 8 nitrogen and oxygen atoms in total. The Morgan fingerprint density at radius 1 is 1.06 bits per heavy atom. The summed E-state index contributed by atoms with van der Waals surface area (Å²) in [6, 6.07) is 12.6. The summed E-state index contributed by atoms with van der Waals surface area (Å²) in [6.45, 7) is 4.08. The van der Waals surface area contributed by atoms with Gasteiger partial charge in [-0.2, -0.15) is 0 Å². The van der Waals surface area contributed by atoms with Crippen molar-refractivity contribution in [3.8, 4) is 0 Å². The average Bonchev–Trinajstić information content (AvgIpc) is 3.35. The number of primary amides is 1. The number of nitrogens with zero attached hydrogens (tertiary/aromatic N) is 1. The second kappa shape index (κ2) is 7.52. The van der Waals surface area contributed by atoms with E-state index in [0.29, 0.717) is 17.7 Å². The second-order valence-electron chi connectivity index (χ2n) is 9.18. The standard InChI is InChI=1S/C25H26N4O4/c1-13-8-9-16-21(14(13)2)27-24(33)25(16)20-19(17(28-25)12-18(26)30)22(31)29(23(20)32)11-10-15-6-4-3-5-7-15/h3-9,17,19-20,28H,10-12H2,1-2H3,(H2,26,30)(H,27,33). The lowest BCUT2D eigenvalue weighted by Crippen LogP contribution is -2.53. The second-order valence-corrected chi connectivity index (χ2v) is 9.18. The molecular formula is C25H26N4O4. The summed E-state index contributed by atoms with van der Waals surface area (Å²) in [4.78, 5) is 53.7. The molecule has 0 radical (unpaired) electrons. The first-order valence-electron chi connectivity index (χ1n) is 11.1. The van der Waals surface area contributed by atoms with Crippen molar-refractivity contribution in [2.75, 3.05) is 11.9 Å². The minimum atomic E-state index is -1.41. The minimum absolute atomic E-state index is 0.137. The largest absolute Gasteiger partial charge is 0.370 e. The quantitative estimate of drug-likeness (QED) is 0.595. The molecule has 4 amide bonds. The molecule has 2 fully saturated rings. The zero-order chi connectivity index (χ0) is 23.5. The number of imide groups is 1. The number of likely N-dealkylation sites (tertiary alicyclic amines) is 1. The number of carbonyl (C=O) groups is 4. The fraction of sp³-hybridized carbons (Fsp3) is 0.360. The Morgan fingerprint density at radius 2 is 1.79 bits per heavy atom. The number of fused-ring (bicyclic) bond motifs is 4. The highest BCUT2D eigenvalue weighted by atomic mass is 16.2. The number of aryl methyl sites for hydroxylation is 1. The molecule has 5 rings (SSSR count). The molecule has 0 saturated carbocycles. The zero-order valence-corrected chi connectivity index (χ0v) is 18.6. The van der Waals surface area contributed by atoms with Crippen LogP contribution in [-0.4, -0.2) is 41.1 Å². The van der Waals surface area contributed by atoms with E-state index in [1.165, 1.54) is 4.90 Å². The molecule has 2 aromatic rings. The normalized spacial score (nSPS) is 27.8. The van der Waals surface area contributed by atoms with Crippen molar-refractivity contribution in [1.29, 1.82) is 0 Å². The van der Waals surface area contributed by atoms with Crippen LogP contribution in [0.5, 0.6) is 0 Å². The van der Waals surface area contributed by atoms with Gasteiger partial charge in [-0.05, 0) is 37.0 Å². The van der Waals surface area contributed by atoms with Crippen LogP contribution in [0.1, 0.15) is 28.7 Å². The summed E-state index contributed by atoms with van der Waals surface area (Å²) in [6.07, 6.45) is 0.377. The maximum absolute atomic E-state index is 13.7. The molecular weight excluding hydrogens is 420 g/mol. The van der Waals surface area contributed by atoms with Gasteiger partial charge in [0, 0.05) is 30.3 Å². The van der Waals surface area contributed by atoms with E-state index in [4.69, 9.17) is 5.73 Å². The molecule has 3 heterocycles. The lowest BCUT2D eigenvalue weighted by atomic mass is 9.76. The van der Waals surface area contributed by atoms with Crippen LogP contribution in [0.15, 0.2) is 42.5 Å². The smallest absolute Gasteiger partial charge is 0.250 e. The lowest BCUT2D eigenvalue weighted by Gasteiger charge is -2.29. The Labute approximate surface area is 191 Å². The van der Waals surface area contributed by atoms with Crippen molar-refractivity contribution in [3.05, 3.63) is 64.7 Å². The van der Waals surface area contributed by atoms with E-state index in [2.05, 4.69) is 10.6 Å². The maximum atomic E-state index is 13.7. The molecule has 4 N–H and O–H groups in total. The number of hydrogen-bond donors (Lipinski definition) is 3. The van der Waals surface area contributed by atoms with Crippen LogP contribution in [0.2, 0.25) is 0 Å². The van der Waals surface area contributed by atoms with Gasteiger partial charge in [0.25, 0.3) is 0 Å². The molecule has 2 aromatic carbocycles. The molecule has 0 bridgehead atoms. The van der Waals surface area contributed by atoms with Crippen molar-refractivity contribution >= 4 is 29.3 Å². The van der Waals surface area contributed by atoms with Gasteiger partial charge in [0.05, 0.1) is 11.8 Å². The third kappa shape index (κ3) is 3.01. The monoisotopic (exact) mass is 446 g/mol. The van der Waals surface area contributed by atoms with Crippen LogP contribution >= 0.6 is 0 Å². The molecule has 0 aliphatic carbocycles. The number of carbonyl (C=O) groups excluding carboxylic acids is 4. The summed E-state index contributed by atoms with van der Waals surface area (Å²) in [5.74, 6) is -3.49. The Kier molecular flexibility index (Phi) is 4.86. The molecule has 0 aromatic heterocycles. The van der Waals surface area contributed by atoms with Gasteiger partial charge in [-0.15, -0.1) is 0 Å². The topological polar surface area (TPSA) is 122 Å². The highest BCUT2D eigenvalue weighted by molar-refractivity contribution is 6.15. The first-order valence-corrected chi connectivity index (χ1v) is 11.1. The fourth-order valence-corrected chi connectivity index (χ4v) is 5.68. The number of benzene rings is 2. The van der Waals surface area contributed by atoms with E-state index in [9.17, 15) is 19.2 Å². The molecule has 170 valence electrons. The predicted molar refractivity (Wildman–Crippen MR) is 121 cm³/mol. The number of nitrogens with one attached hydrogen (secondary N) is 2. The number of anilines is 1. The Hall–Kier alpha value is -3.52. The molecule has 2 saturated heterocycles. The fourth-order valence-electron chi connectivity index (χ4n) is 5.68. The summed E-state index contributed by atoms with van der Waals surface area (Å²) >= 11 is 0. The molecule has 4 atom stereocenters. The maximum Gasteiger partial charge on any atom is 0.250 e. The van der Waals surface area contributed by atoms with Crippen molar-refractivity contribution in [2.45, 2.75) is 38.3 Å². The van der Waals surface area contributed by atoms with Gasteiger partial charge < -0.3 is 11.1 Å². The van der Waals surface area contributed by atoms with Crippen molar-refractivity contribution in [3.63, 3.8) is 0 Å². The lowest BCUT2D eigenvalue weighted by molar-refractivity contribution is -0.142.